The molecular weight excluding hydrogens is 198 g/mol. The van der Waals surface area contributed by atoms with Crippen LogP contribution < -0.4 is 5.32 Å². The van der Waals surface area contributed by atoms with Gasteiger partial charge in [-0.1, -0.05) is 13.8 Å². The van der Waals surface area contributed by atoms with Gasteiger partial charge in [-0.2, -0.15) is 0 Å². The van der Waals surface area contributed by atoms with E-state index in [1.807, 2.05) is 6.33 Å². The van der Waals surface area contributed by atoms with E-state index in [-0.39, 0.29) is 5.54 Å². The first kappa shape index (κ1) is 10.3. The van der Waals surface area contributed by atoms with Crippen LogP contribution in [0.1, 0.15) is 44.5 Å². The predicted octanol–water partition coefficient (Wildman–Crippen LogP) is 2.21. The lowest BCUT2D eigenvalue weighted by Crippen LogP contribution is -2.51. The lowest BCUT2D eigenvalue weighted by molar-refractivity contribution is 0.130. The maximum absolute atomic E-state index is 4.58. The number of H-pyrrole nitrogens is 1. The third kappa shape index (κ3) is 1.41. The summed E-state index contributed by atoms with van der Waals surface area (Å²) in [5.74, 6) is 1.65. The van der Waals surface area contributed by atoms with Crippen molar-refractivity contribution in [3.63, 3.8) is 0 Å². The van der Waals surface area contributed by atoms with Crippen LogP contribution in [-0.2, 0) is 12.0 Å². The summed E-state index contributed by atoms with van der Waals surface area (Å²) < 4.78 is 0. The average molecular weight is 219 g/mol. The Balaban J connectivity index is 1.96. The topological polar surface area (TPSA) is 40.7 Å². The highest BCUT2D eigenvalue weighted by Gasteiger charge is 2.43. The Morgan fingerprint density at radius 2 is 2.25 bits per heavy atom. The molecule has 0 radical (unpaired) electrons. The number of nitrogens with zero attached hydrogens (tertiary/aromatic N) is 1. The minimum Gasteiger partial charge on any atom is -0.348 e. The molecule has 3 heteroatoms. The Hall–Kier alpha value is -0.830. The number of hydrogen-bond donors (Lipinski definition) is 2. The first-order valence-corrected chi connectivity index (χ1v) is 6.49. The van der Waals surface area contributed by atoms with Gasteiger partial charge in [-0.05, 0) is 31.1 Å². The van der Waals surface area contributed by atoms with Crippen molar-refractivity contribution in [3.8, 4) is 0 Å². The van der Waals surface area contributed by atoms with E-state index < -0.39 is 0 Å². The summed E-state index contributed by atoms with van der Waals surface area (Å²) in [7, 11) is 0. The monoisotopic (exact) mass is 219 g/mol. The Kier molecular flexibility index (Phi) is 2.32. The second-order valence-corrected chi connectivity index (χ2v) is 5.69. The molecule has 1 saturated carbocycles. The van der Waals surface area contributed by atoms with Gasteiger partial charge in [0.1, 0.15) is 0 Å². The van der Waals surface area contributed by atoms with Crippen molar-refractivity contribution in [2.24, 2.45) is 11.8 Å². The molecule has 0 amide bonds. The molecule has 2 aliphatic rings. The molecule has 3 nitrogen and oxygen atoms in total. The van der Waals surface area contributed by atoms with Gasteiger partial charge in [-0.3, -0.25) is 0 Å². The summed E-state index contributed by atoms with van der Waals surface area (Å²) in [5, 5.41) is 3.75. The molecule has 3 rings (SSSR count). The van der Waals surface area contributed by atoms with Gasteiger partial charge in [-0.25, -0.2) is 4.98 Å². The standard InChI is InChI=1S/C13H21N3/c1-9-3-5-13(7-10(9)2)12-11(4-6-16-13)14-8-15-12/h8-10,16H,3-7H2,1-2H3,(H,14,15). The highest BCUT2D eigenvalue weighted by atomic mass is 15.1. The number of imidazole rings is 1. The number of nitrogens with one attached hydrogen (secondary N) is 2. The van der Waals surface area contributed by atoms with Crippen LogP contribution >= 0.6 is 0 Å². The summed E-state index contributed by atoms with van der Waals surface area (Å²) >= 11 is 0. The van der Waals surface area contributed by atoms with Crippen LogP contribution in [0, 0.1) is 11.8 Å². The highest BCUT2D eigenvalue weighted by Crippen LogP contribution is 2.43. The van der Waals surface area contributed by atoms with Crippen LogP contribution in [0.5, 0.6) is 0 Å². The van der Waals surface area contributed by atoms with Gasteiger partial charge in [0, 0.05) is 18.7 Å². The van der Waals surface area contributed by atoms with Gasteiger partial charge in [0.2, 0.25) is 0 Å². The molecule has 0 saturated heterocycles. The fraction of sp³-hybridized carbons (Fsp3) is 0.769. The zero-order valence-electron chi connectivity index (χ0n) is 10.2. The number of hydrogen-bond acceptors (Lipinski definition) is 2. The number of fused-ring (bicyclic) bond motifs is 2. The Bertz CT molecular complexity index is 384. The molecule has 1 aliphatic carbocycles. The van der Waals surface area contributed by atoms with Crippen molar-refractivity contribution in [1.82, 2.24) is 15.3 Å². The lowest BCUT2D eigenvalue weighted by atomic mass is 9.68. The van der Waals surface area contributed by atoms with Gasteiger partial charge in [0.05, 0.1) is 17.6 Å². The van der Waals surface area contributed by atoms with Gasteiger partial charge < -0.3 is 10.3 Å². The van der Waals surface area contributed by atoms with E-state index in [2.05, 4.69) is 29.1 Å². The van der Waals surface area contributed by atoms with E-state index in [0.29, 0.717) is 0 Å². The molecule has 0 bridgehead atoms. The first-order valence-electron chi connectivity index (χ1n) is 6.49. The summed E-state index contributed by atoms with van der Waals surface area (Å²) in [6.45, 7) is 5.86. The van der Waals surface area contributed by atoms with Crippen molar-refractivity contribution in [2.45, 2.75) is 45.1 Å². The molecule has 1 spiro atoms. The molecule has 1 aromatic heterocycles. The van der Waals surface area contributed by atoms with E-state index >= 15 is 0 Å². The van der Waals surface area contributed by atoms with Crippen LogP contribution in [0.15, 0.2) is 6.33 Å². The molecule has 3 atom stereocenters. The van der Waals surface area contributed by atoms with E-state index in [0.717, 1.165) is 24.8 Å². The lowest BCUT2D eigenvalue weighted by Gasteiger charge is -2.45. The number of rotatable bonds is 0. The van der Waals surface area contributed by atoms with Crippen LogP contribution in [0.4, 0.5) is 0 Å². The second kappa shape index (κ2) is 3.59. The van der Waals surface area contributed by atoms with Crippen molar-refractivity contribution >= 4 is 0 Å². The van der Waals surface area contributed by atoms with Crippen molar-refractivity contribution < 1.29 is 0 Å². The molecule has 2 N–H and O–H groups in total. The molecule has 0 aromatic carbocycles. The van der Waals surface area contributed by atoms with Crippen molar-refractivity contribution in [2.75, 3.05) is 6.54 Å². The minimum absolute atomic E-state index is 0.180. The van der Waals surface area contributed by atoms with Crippen LogP contribution in [0.3, 0.4) is 0 Å². The molecular formula is C13H21N3. The summed E-state index contributed by atoms with van der Waals surface area (Å²) in [6, 6.07) is 0. The minimum atomic E-state index is 0.180. The van der Waals surface area contributed by atoms with Crippen LogP contribution in [0.25, 0.3) is 0 Å². The van der Waals surface area contributed by atoms with Crippen molar-refractivity contribution in [1.29, 1.82) is 0 Å². The van der Waals surface area contributed by atoms with Gasteiger partial charge >= 0.3 is 0 Å². The van der Waals surface area contributed by atoms with E-state index in [4.69, 9.17) is 0 Å². The van der Waals surface area contributed by atoms with Gasteiger partial charge in [-0.15, -0.1) is 0 Å². The van der Waals surface area contributed by atoms with E-state index in [9.17, 15) is 0 Å². The van der Waals surface area contributed by atoms with E-state index in [1.165, 1.54) is 30.7 Å². The molecule has 3 unspecified atom stereocenters. The molecule has 88 valence electrons. The third-order valence-electron chi connectivity index (χ3n) is 4.68. The Morgan fingerprint density at radius 3 is 3.06 bits per heavy atom. The smallest absolute Gasteiger partial charge is 0.0926 e. The zero-order chi connectivity index (χ0) is 11.2. The van der Waals surface area contributed by atoms with Crippen LogP contribution in [-0.4, -0.2) is 16.5 Å². The largest absolute Gasteiger partial charge is 0.348 e. The fourth-order valence-corrected chi connectivity index (χ4v) is 3.42. The number of aromatic nitrogens is 2. The molecule has 2 heterocycles. The maximum Gasteiger partial charge on any atom is 0.0926 e. The summed E-state index contributed by atoms with van der Waals surface area (Å²) in [5.41, 5.74) is 2.84. The molecule has 1 aliphatic heterocycles. The highest BCUT2D eigenvalue weighted by molar-refractivity contribution is 5.26. The SMILES string of the molecule is CC1CCC2(CC1C)NCCc1[nH]cnc12. The van der Waals surface area contributed by atoms with Gasteiger partial charge in [0.15, 0.2) is 0 Å². The van der Waals surface area contributed by atoms with E-state index in [1.54, 1.807) is 0 Å². The Morgan fingerprint density at radius 1 is 1.38 bits per heavy atom. The third-order valence-corrected chi connectivity index (χ3v) is 4.68. The number of aromatic amines is 1. The zero-order valence-corrected chi connectivity index (χ0v) is 10.2. The normalized spacial score (nSPS) is 38.6. The summed E-state index contributed by atoms with van der Waals surface area (Å²) in [4.78, 5) is 7.88. The average Bonchev–Trinajstić information content (AvgIpc) is 2.74. The molecule has 1 fully saturated rings. The maximum atomic E-state index is 4.58. The van der Waals surface area contributed by atoms with Crippen LogP contribution in [0.2, 0.25) is 0 Å². The van der Waals surface area contributed by atoms with Gasteiger partial charge in [0.25, 0.3) is 0 Å². The predicted molar refractivity (Wildman–Crippen MR) is 64.2 cm³/mol. The molecule has 1 aromatic rings. The second-order valence-electron chi connectivity index (χ2n) is 5.69. The Labute approximate surface area is 97.0 Å². The van der Waals surface area contributed by atoms with Crippen molar-refractivity contribution in [3.05, 3.63) is 17.7 Å². The first-order chi connectivity index (χ1) is 7.71. The quantitative estimate of drug-likeness (QED) is 0.702. The molecule has 16 heavy (non-hydrogen) atoms. The summed E-state index contributed by atoms with van der Waals surface area (Å²) in [6.07, 6.45) is 6.77. The fourth-order valence-electron chi connectivity index (χ4n) is 3.42.